The van der Waals surface area contributed by atoms with Gasteiger partial charge in [-0.05, 0) is 13.0 Å². The topological polar surface area (TPSA) is 85.4 Å². The summed E-state index contributed by atoms with van der Waals surface area (Å²) in [5.41, 5.74) is 6.65. The maximum absolute atomic E-state index is 11.0. The first-order chi connectivity index (χ1) is 8.17. The van der Waals surface area contributed by atoms with Crippen LogP contribution in [0.15, 0.2) is 12.3 Å². The van der Waals surface area contributed by atoms with Crippen LogP contribution in [-0.2, 0) is 16.1 Å². The largest absolute Gasteiger partial charge is 0.465 e. The number of hydrogen-bond acceptors (Lipinski definition) is 5. The molecule has 0 aliphatic heterocycles. The Morgan fingerprint density at radius 3 is 3.06 bits per heavy atom. The maximum Gasteiger partial charge on any atom is 0.317 e. The minimum Gasteiger partial charge on any atom is -0.465 e. The lowest BCUT2D eigenvalue weighted by Crippen LogP contribution is -2.01. The third kappa shape index (κ3) is 4.13. The van der Waals surface area contributed by atoms with E-state index in [1.165, 1.54) is 6.20 Å². The fourth-order valence-electron chi connectivity index (χ4n) is 1.15. The van der Waals surface area contributed by atoms with Crippen LogP contribution in [0.3, 0.4) is 0 Å². The number of aliphatic hydroxyl groups excluding tert-OH is 1. The molecule has 0 bridgehead atoms. The van der Waals surface area contributed by atoms with E-state index in [0.29, 0.717) is 17.7 Å². The van der Waals surface area contributed by atoms with E-state index >= 15 is 0 Å². The third-order valence-corrected chi connectivity index (χ3v) is 1.94. The van der Waals surface area contributed by atoms with Gasteiger partial charge < -0.3 is 15.6 Å². The SMILES string of the molecule is CCOC(=O)CC#Cc1cnc(N)c(CO)c1. The van der Waals surface area contributed by atoms with Crippen LogP contribution in [0.25, 0.3) is 0 Å². The number of esters is 1. The van der Waals surface area contributed by atoms with E-state index in [1.807, 2.05) is 0 Å². The van der Waals surface area contributed by atoms with E-state index in [1.54, 1.807) is 13.0 Å². The number of aromatic nitrogens is 1. The first-order valence-electron chi connectivity index (χ1n) is 5.17. The standard InChI is InChI=1S/C12H14N2O3/c1-2-17-11(16)5-3-4-9-6-10(8-15)12(13)14-7-9/h6-7,15H,2,5,8H2,1H3,(H2,13,14). The summed E-state index contributed by atoms with van der Waals surface area (Å²) in [6, 6.07) is 1.64. The van der Waals surface area contributed by atoms with Gasteiger partial charge in [-0.25, -0.2) is 4.98 Å². The van der Waals surface area contributed by atoms with Crippen molar-refractivity contribution in [2.24, 2.45) is 0 Å². The molecule has 0 spiro atoms. The molecule has 0 saturated heterocycles. The van der Waals surface area contributed by atoms with E-state index in [0.717, 1.165) is 0 Å². The minimum atomic E-state index is -0.356. The molecule has 0 saturated carbocycles. The number of nitrogen functional groups attached to an aromatic ring is 1. The van der Waals surface area contributed by atoms with Gasteiger partial charge in [-0.15, -0.1) is 0 Å². The number of ether oxygens (including phenoxy) is 1. The molecule has 0 unspecified atom stereocenters. The molecule has 1 aromatic rings. The molecule has 5 nitrogen and oxygen atoms in total. The zero-order valence-corrected chi connectivity index (χ0v) is 9.56. The number of hydrogen-bond donors (Lipinski definition) is 2. The van der Waals surface area contributed by atoms with Crippen molar-refractivity contribution in [1.82, 2.24) is 4.98 Å². The molecule has 0 fully saturated rings. The molecule has 1 aromatic heterocycles. The van der Waals surface area contributed by atoms with Gasteiger partial charge in [0.15, 0.2) is 0 Å². The molecule has 1 heterocycles. The maximum atomic E-state index is 11.0. The second kappa shape index (κ2) is 6.51. The van der Waals surface area contributed by atoms with Gasteiger partial charge in [-0.2, -0.15) is 0 Å². The monoisotopic (exact) mass is 234 g/mol. The minimum absolute atomic E-state index is 0.0344. The fourth-order valence-corrected chi connectivity index (χ4v) is 1.15. The molecular weight excluding hydrogens is 220 g/mol. The molecule has 0 amide bonds. The smallest absolute Gasteiger partial charge is 0.317 e. The lowest BCUT2D eigenvalue weighted by molar-refractivity contribution is -0.141. The molecule has 3 N–H and O–H groups in total. The Morgan fingerprint density at radius 2 is 2.41 bits per heavy atom. The molecule has 0 aliphatic carbocycles. The van der Waals surface area contributed by atoms with Crippen LogP contribution in [-0.4, -0.2) is 22.7 Å². The van der Waals surface area contributed by atoms with Crippen molar-refractivity contribution in [3.63, 3.8) is 0 Å². The number of rotatable bonds is 3. The summed E-state index contributed by atoms with van der Waals surface area (Å²) < 4.78 is 4.73. The number of nitrogens with two attached hydrogens (primary N) is 1. The summed E-state index contributed by atoms with van der Waals surface area (Å²) >= 11 is 0. The van der Waals surface area contributed by atoms with Gasteiger partial charge in [0.05, 0.1) is 13.2 Å². The number of carbonyl (C=O) groups excluding carboxylic acids is 1. The van der Waals surface area contributed by atoms with Crippen LogP contribution in [0, 0.1) is 11.8 Å². The van der Waals surface area contributed by atoms with Gasteiger partial charge >= 0.3 is 5.97 Å². The summed E-state index contributed by atoms with van der Waals surface area (Å²) in [5.74, 6) is 5.35. The first-order valence-corrected chi connectivity index (χ1v) is 5.17. The Hall–Kier alpha value is -2.06. The zero-order chi connectivity index (χ0) is 12.7. The van der Waals surface area contributed by atoms with Crippen molar-refractivity contribution in [3.05, 3.63) is 23.4 Å². The predicted octanol–water partition coefficient (Wildman–Crippen LogP) is 0.461. The van der Waals surface area contributed by atoms with Crippen LogP contribution in [0.5, 0.6) is 0 Å². The Morgan fingerprint density at radius 1 is 1.65 bits per heavy atom. The van der Waals surface area contributed by atoms with Crippen molar-refractivity contribution in [2.45, 2.75) is 20.0 Å². The van der Waals surface area contributed by atoms with Gasteiger partial charge in [0.25, 0.3) is 0 Å². The van der Waals surface area contributed by atoms with E-state index in [-0.39, 0.29) is 24.8 Å². The molecule has 90 valence electrons. The van der Waals surface area contributed by atoms with E-state index in [2.05, 4.69) is 16.8 Å². The van der Waals surface area contributed by atoms with Crippen LogP contribution >= 0.6 is 0 Å². The number of anilines is 1. The lowest BCUT2D eigenvalue weighted by Gasteiger charge is -2.00. The normalized spacial score (nSPS) is 9.29. The molecular formula is C12H14N2O3. The highest BCUT2D eigenvalue weighted by atomic mass is 16.5. The van der Waals surface area contributed by atoms with Gasteiger partial charge in [0.1, 0.15) is 12.2 Å². The number of aliphatic hydroxyl groups is 1. The average Bonchev–Trinajstić information content (AvgIpc) is 2.31. The highest BCUT2D eigenvalue weighted by molar-refractivity contribution is 5.72. The molecule has 5 heteroatoms. The second-order valence-electron chi connectivity index (χ2n) is 3.21. The zero-order valence-electron chi connectivity index (χ0n) is 9.56. The van der Waals surface area contributed by atoms with Crippen LogP contribution in [0.2, 0.25) is 0 Å². The molecule has 17 heavy (non-hydrogen) atoms. The van der Waals surface area contributed by atoms with E-state index in [9.17, 15) is 4.79 Å². The Labute approximate surface area is 99.6 Å². The van der Waals surface area contributed by atoms with Crippen molar-refractivity contribution in [3.8, 4) is 11.8 Å². The molecule has 0 radical (unpaired) electrons. The molecule has 0 atom stereocenters. The summed E-state index contributed by atoms with van der Waals surface area (Å²) in [4.78, 5) is 14.9. The quantitative estimate of drug-likeness (QED) is 0.586. The fraction of sp³-hybridized carbons (Fsp3) is 0.333. The number of pyridine rings is 1. The van der Waals surface area contributed by atoms with Crippen LogP contribution in [0.4, 0.5) is 5.82 Å². The lowest BCUT2D eigenvalue weighted by atomic mass is 10.2. The van der Waals surface area contributed by atoms with Gasteiger partial charge in [0, 0.05) is 17.3 Å². The Kier molecular flexibility index (Phi) is 4.98. The molecule has 1 rings (SSSR count). The molecule has 0 aromatic carbocycles. The average molecular weight is 234 g/mol. The summed E-state index contributed by atoms with van der Waals surface area (Å²) in [7, 11) is 0. The van der Waals surface area contributed by atoms with E-state index < -0.39 is 0 Å². The second-order valence-corrected chi connectivity index (χ2v) is 3.21. The number of carbonyl (C=O) groups is 1. The van der Waals surface area contributed by atoms with Crippen molar-refractivity contribution < 1.29 is 14.6 Å². The third-order valence-electron chi connectivity index (χ3n) is 1.94. The molecule has 0 aliphatic rings. The first kappa shape index (κ1) is 13.0. The van der Waals surface area contributed by atoms with Gasteiger partial charge in [0.2, 0.25) is 0 Å². The van der Waals surface area contributed by atoms with Crippen molar-refractivity contribution >= 4 is 11.8 Å². The summed E-state index contributed by atoms with van der Waals surface area (Å²) in [5, 5.41) is 8.98. The van der Waals surface area contributed by atoms with Crippen LogP contribution < -0.4 is 5.73 Å². The van der Waals surface area contributed by atoms with Crippen LogP contribution in [0.1, 0.15) is 24.5 Å². The summed E-state index contributed by atoms with van der Waals surface area (Å²) in [6.07, 6.45) is 1.53. The Bertz CT molecular complexity index is 461. The predicted molar refractivity (Wildman–Crippen MR) is 62.7 cm³/mol. The highest BCUT2D eigenvalue weighted by Gasteiger charge is 2.00. The van der Waals surface area contributed by atoms with Crippen molar-refractivity contribution in [1.29, 1.82) is 0 Å². The summed E-state index contributed by atoms with van der Waals surface area (Å²) in [6.45, 7) is 1.90. The van der Waals surface area contributed by atoms with Gasteiger partial charge in [-0.3, -0.25) is 4.79 Å². The van der Waals surface area contributed by atoms with Gasteiger partial charge in [-0.1, -0.05) is 11.8 Å². The van der Waals surface area contributed by atoms with Crippen molar-refractivity contribution in [2.75, 3.05) is 12.3 Å². The Balaban J connectivity index is 2.69. The van der Waals surface area contributed by atoms with E-state index in [4.69, 9.17) is 15.6 Å². The highest BCUT2D eigenvalue weighted by Crippen LogP contribution is 2.09. The number of nitrogens with zero attached hydrogens (tertiary/aromatic N) is 1.